The number of carbonyl (C=O) groups is 1. The lowest BCUT2D eigenvalue weighted by molar-refractivity contribution is 0.0480. The zero-order valence-electron chi connectivity index (χ0n) is 11.5. The number of aliphatic hydroxyl groups is 1. The molecule has 0 saturated carbocycles. The Morgan fingerprint density at radius 3 is 2.24 bits per heavy atom. The normalized spacial score (nSPS) is 15.5. The third-order valence-electron chi connectivity index (χ3n) is 3.84. The number of fused-ring (bicyclic) bond motifs is 1. The number of benzene rings is 2. The van der Waals surface area contributed by atoms with Crippen LogP contribution in [0.3, 0.4) is 0 Å². The molecular formula is C17H16FNO2. The van der Waals surface area contributed by atoms with E-state index in [-0.39, 0.29) is 18.3 Å². The minimum absolute atomic E-state index is 0.178. The van der Waals surface area contributed by atoms with Crippen LogP contribution in [0.15, 0.2) is 48.5 Å². The Bertz CT molecular complexity index is 642. The van der Waals surface area contributed by atoms with Crippen molar-refractivity contribution in [1.82, 2.24) is 5.32 Å². The van der Waals surface area contributed by atoms with E-state index in [1.807, 2.05) is 24.3 Å². The van der Waals surface area contributed by atoms with E-state index < -0.39 is 5.60 Å². The minimum Gasteiger partial charge on any atom is -0.387 e. The smallest absolute Gasteiger partial charge is 0.251 e. The van der Waals surface area contributed by atoms with Crippen molar-refractivity contribution < 1.29 is 14.3 Å². The van der Waals surface area contributed by atoms with E-state index in [1.165, 1.54) is 24.3 Å². The Balaban J connectivity index is 1.63. The zero-order valence-corrected chi connectivity index (χ0v) is 11.5. The Kier molecular flexibility index (Phi) is 3.47. The van der Waals surface area contributed by atoms with Crippen LogP contribution in [0.5, 0.6) is 0 Å². The predicted octanol–water partition coefficient (Wildman–Crippen LogP) is 2.09. The van der Waals surface area contributed by atoms with Crippen molar-refractivity contribution >= 4 is 5.91 Å². The van der Waals surface area contributed by atoms with Crippen molar-refractivity contribution in [1.29, 1.82) is 0 Å². The highest BCUT2D eigenvalue weighted by Gasteiger charge is 2.35. The minimum atomic E-state index is -0.945. The highest BCUT2D eigenvalue weighted by molar-refractivity contribution is 5.94. The van der Waals surface area contributed by atoms with Gasteiger partial charge in [-0.05, 0) is 35.4 Å². The molecule has 108 valence electrons. The molecule has 0 radical (unpaired) electrons. The lowest BCUT2D eigenvalue weighted by Gasteiger charge is -2.22. The van der Waals surface area contributed by atoms with Gasteiger partial charge in [-0.15, -0.1) is 0 Å². The van der Waals surface area contributed by atoms with E-state index in [0.29, 0.717) is 18.4 Å². The summed E-state index contributed by atoms with van der Waals surface area (Å²) in [6, 6.07) is 13.2. The van der Waals surface area contributed by atoms with Gasteiger partial charge in [0.2, 0.25) is 0 Å². The SMILES string of the molecule is O=C(NCC1(O)Cc2ccccc2C1)c1ccc(F)cc1. The largest absolute Gasteiger partial charge is 0.387 e. The van der Waals surface area contributed by atoms with Crippen LogP contribution >= 0.6 is 0 Å². The van der Waals surface area contributed by atoms with Crippen LogP contribution in [-0.4, -0.2) is 23.2 Å². The fourth-order valence-corrected chi connectivity index (χ4v) is 2.75. The number of rotatable bonds is 3. The molecule has 3 rings (SSSR count). The van der Waals surface area contributed by atoms with Crippen molar-refractivity contribution in [2.24, 2.45) is 0 Å². The molecule has 2 aromatic carbocycles. The topological polar surface area (TPSA) is 49.3 Å². The maximum absolute atomic E-state index is 12.8. The first kappa shape index (κ1) is 13.8. The maximum atomic E-state index is 12.8. The van der Waals surface area contributed by atoms with Crippen molar-refractivity contribution in [3.8, 4) is 0 Å². The van der Waals surface area contributed by atoms with Crippen LogP contribution in [0, 0.1) is 5.82 Å². The lowest BCUT2D eigenvalue weighted by Crippen LogP contribution is -2.43. The Hall–Kier alpha value is -2.20. The van der Waals surface area contributed by atoms with E-state index in [4.69, 9.17) is 0 Å². The molecule has 0 atom stereocenters. The highest BCUT2D eigenvalue weighted by atomic mass is 19.1. The fourth-order valence-electron chi connectivity index (χ4n) is 2.75. The van der Waals surface area contributed by atoms with Gasteiger partial charge < -0.3 is 10.4 Å². The van der Waals surface area contributed by atoms with Crippen LogP contribution in [0.2, 0.25) is 0 Å². The van der Waals surface area contributed by atoms with Gasteiger partial charge >= 0.3 is 0 Å². The molecule has 21 heavy (non-hydrogen) atoms. The number of hydrogen-bond acceptors (Lipinski definition) is 2. The predicted molar refractivity (Wildman–Crippen MR) is 77.5 cm³/mol. The number of carbonyl (C=O) groups excluding carboxylic acids is 1. The molecule has 0 aliphatic heterocycles. The molecule has 0 unspecified atom stereocenters. The Morgan fingerprint density at radius 2 is 1.67 bits per heavy atom. The highest BCUT2D eigenvalue weighted by Crippen LogP contribution is 2.29. The summed E-state index contributed by atoms with van der Waals surface area (Å²) in [5.74, 6) is -0.684. The van der Waals surface area contributed by atoms with Crippen LogP contribution in [-0.2, 0) is 12.8 Å². The lowest BCUT2D eigenvalue weighted by atomic mass is 10.0. The molecule has 0 aromatic heterocycles. The molecule has 0 saturated heterocycles. The molecule has 2 aromatic rings. The number of nitrogens with one attached hydrogen (secondary N) is 1. The van der Waals surface area contributed by atoms with Gasteiger partial charge in [0.1, 0.15) is 5.82 Å². The summed E-state index contributed by atoms with van der Waals surface area (Å²) >= 11 is 0. The third-order valence-corrected chi connectivity index (χ3v) is 3.84. The second-order valence-electron chi connectivity index (χ2n) is 5.54. The monoisotopic (exact) mass is 285 g/mol. The van der Waals surface area contributed by atoms with Crippen molar-refractivity contribution in [2.75, 3.05) is 6.54 Å². The van der Waals surface area contributed by atoms with Crippen molar-refractivity contribution in [2.45, 2.75) is 18.4 Å². The van der Waals surface area contributed by atoms with Crippen molar-refractivity contribution in [3.05, 3.63) is 71.0 Å². The zero-order chi connectivity index (χ0) is 14.9. The van der Waals surface area contributed by atoms with E-state index in [9.17, 15) is 14.3 Å². The molecule has 0 fully saturated rings. The van der Waals surface area contributed by atoms with E-state index in [2.05, 4.69) is 5.32 Å². The molecule has 0 spiro atoms. The number of hydrogen-bond donors (Lipinski definition) is 2. The standard InChI is InChI=1S/C17H16FNO2/c18-15-7-5-12(6-8-15)16(20)19-11-17(21)9-13-3-1-2-4-14(13)10-17/h1-8,21H,9-11H2,(H,19,20). The van der Waals surface area contributed by atoms with Gasteiger partial charge in [-0.25, -0.2) is 4.39 Å². The summed E-state index contributed by atoms with van der Waals surface area (Å²) in [6.45, 7) is 0.178. The van der Waals surface area contributed by atoms with Gasteiger partial charge in [-0.3, -0.25) is 4.79 Å². The number of amides is 1. The van der Waals surface area contributed by atoms with Crippen LogP contribution in [0.4, 0.5) is 4.39 Å². The number of halogens is 1. The third kappa shape index (κ3) is 2.95. The van der Waals surface area contributed by atoms with E-state index in [0.717, 1.165) is 11.1 Å². The van der Waals surface area contributed by atoms with Gasteiger partial charge in [0.15, 0.2) is 0 Å². The van der Waals surface area contributed by atoms with Crippen LogP contribution in [0.25, 0.3) is 0 Å². The Morgan fingerprint density at radius 1 is 1.10 bits per heavy atom. The Labute approximate surface area is 122 Å². The molecule has 0 heterocycles. The molecular weight excluding hydrogens is 269 g/mol. The summed E-state index contributed by atoms with van der Waals surface area (Å²) in [5, 5.41) is 13.3. The van der Waals surface area contributed by atoms with E-state index >= 15 is 0 Å². The van der Waals surface area contributed by atoms with Gasteiger partial charge in [-0.2, -0.15) is 0 Å². The molecule has 1 aliphatic carbocycles. The first-order valence-corrected chi connectivity index (χ1v) is 6.89. The molecule has 4 heteroatoms. The summed E-state index contributed by atoms with van der Waals surface area (Å²) in [4.78, 5) is 12.0. The van der Waals surface area contributed by atoms with Gasteiger partial charge in [0, 0.05) is 24.9 Å². The quantitative estimate of drug-likeness (QED) is 0.907. The van der Waals surface area contributed by atoms with Gasteiger partial charge in [-0.1, -0.05) is 24.3 Å². The molecule has 1 amide bonds. The van der Waals surface area contributed by atoms with E-state index in [1.54, 1.807) is 0 Å². The first-order valence-electron chi connectivity index (χ1n) is 6.89. The summed E-state index contributed by atoms with van der Waals surface area (Å²) < 4.78 is 12.8. The molecule has 1 aliphatic rings. The molecule has 3 nitrogen and oxygen atoms in total. The fraction of sp³-hybridized carbons (Fsp3) is 0.235. The van der Waals surface area contributed by atoms with Gasteiger partial charge in [0.25, 0.3) is 5.91 Å². The van der Waals surface area contributed by atoms with Gasteiger partial charge in [0.05, 0.1) is 5.60 Å². The summed E-state index contributed by atoms with van der Waals surface area (Å²) in [5.41, 5.74) is 1.68. The second-order valence-corrected chi connectivity index (χ2v) is 5.54. The first-order chi connectivity index (χ1) is 10.1. The van der Waals surface area contributed by atoms with Crippen molar-refractivity contribution in [3.63, 3.8) is 0 Å². The molecule has 2 N–H and O–H groups in total. The summed E-state index contributed by atoms with van der Waals surface area (Å²) in [6.07, 6.45) is 1.07. The average molecular weight is 285 g/mol. The second kappa shape index (κ2) is 5.30. The molecule has 0 bridgehead atoms. The van der Waals surface area contributed by atoms with Crippen LogP contribution < -0.4 is 5.32 Å². The maximum Gasteiger partial charge on any atom is 0.251 e. The average Bonchev–Trinajstić information content (AvgIpc) is 2.82. The summed E-state index contributed by atoms with van der Waals surface area (Å²) in [7, 11) is 0. The van der Waals surface area contributed by atoms with Crippen LogP contribution in [0.1, 0.15) is 21.5 Å².